The van der Waals surface area contributed by atoms with E-state index in [0.717, 1.165) is 0 Å². The van der Waals surface area contributed by atoms with Gasteiger partial charge in [0.2, 0.25) is 5.91 Å². The fourth-order valence-electron chi connectivity index (χ4n) is 1.43. The van der Waals surface area contributed by atoms with E-state index in [2.05, 4.69) is 5.32 Å². The Morgan fingerprint density at radius 1 is 1.44 bits per heavy atom. The van der Waals surface area contributed by atoms with Crippen LogP contribution in [0.4, 0.5) is 0 Å². The Balaban J connectivity index is 2.96. The summed E-state index contributed by atoms with van der Waals surface area (Å²) in [6, 6.07) is 4.22. The Kier molecular flexibility index (Phi) is 4.97. The molecule has 0 spiro atoms. The molecular weight excluding hydrogens is 256 g/mol. The highest BCUT2D eigenvalue weighted by atomic mass is 35.5. The number of nitrogens with one attached hydrogen (secondary N) is 1. The molecule has 0 radical (unpaired) electrons. The lowest BCUT2D eigenvalue weighted by Gasteiger charge is -2.20. The number of amides is 2. The Morgan fingerprint density at radius 2 is 2.11 bits per heavy atom. The van der Waals surface area contributed by atoms with Crippen LogP contribution in [0.1, 0.15) is 17.3 Å². The third-order valence-corrected chi connectivity index (χ3v) is 2.71. The average Bonchev–Trinajstić information content (AvgIpc) is 2.37. The van der Waals surface area contributed by atoms with Gasteiger partial charge >= 0.3 is 0 Å². The second-order valence-electron chi connectivity index (χ2n) is 3.65. The van der Waals surface area contributed by atoms with Crippen LogP contribution in [0.3, 0.4) is 0 Å². The molecule has 98 valence electrons. The van der Waals surface area contributed by atoms with Gasteiger partial charge in [0.1, 0.15) is 5.75 Å². The number of hydrogen-bond donors (Lipinski definition) is 2. The summed E-state index contributed by atoms with van der Waals surface area (Å²) in [5.74, 6) is -0.854. The van der Waals surface area contributed by atoms with E-state index in [0.29, 0.717) is 11.6 Å². The summed E-state index contributed by atoms with van der Waals surface area (Å²) in [6.07, 6.45) is 0. The molecule has 0 saturated heterocycles. The first-order valence-electron chi connectivity index (χ1n) is 5.48. The molecule has 2 N–H and O–H groups in total. The summed E-state index contributed by atoms with van der Waals surface area (Å²) in [6.45, 7) is 2.05. The smallest absolute Gasteiger partial charge is 0.258 e. The maximum absolute atomic E-state index is 12.1. The number of phenolic OH excluding ortho intramolecular Hbond substituents is 1. The number of phenols is 1. The monoisotopic (exact) mass is 270 g/mol. The number of likely N-dealkylation sites (N-methyl/N-ethyl adjacent to an activating group) is 2. The first-order valence-corrected chi connectivity index (χ1v) is 5.85. The van der Waals surface area contributed by atoms with Gasteiger partial charge in [0.25, 0.3) is 5.91 Å². The first-order chi connectivity index (χ1) is 8.49. The third-order valence-electron chi connectivity index (χ3n) is 2.47. The SMILES string of the molecule is CCN(CC(=O)NC)C(=O)c1cc(Cl)ccc1O. The van der Waals surface area contributed by atoms with E-state index < -0.39 is 5.91 Å². The summed E-state index contributed by atoms with van der Waals surface area (Å²) in [4.78, 5) is 24.7. The number of carbonyl (C=O) groups excluding carboxylic acids is 2. The van der Waals surface area contributed by atoms with Crippen molar-refractivity contribution < 1.29 is 14.7 Å². The van der Waals surface area contributed by atoms with Gasteiger partial charge in [-0.05, 0) is 25.1 Å². The minimum atomic E-state index is -0.430. The number of carbonyl (C=O) groups is 2. The Hall–Kier alpha value is -1.75. The van der Waals surface area contributed by atoms with Gasteiger partial charge in [0.15, 0.2) is 0 Å². The van der Waals surface area contributed by atoms with Crippen molar-refractivity contribution in [3.63, 3.8) is 0 Å². The van der Waals surface area contributed by atoms with Crippen molar-refractivity contribution >= 4 is 23.4 Å². The Labute approximate surface area is 110 Å². The van der Waals surface area contributed by atoms with E-state index in [4.69, 9.17) is 11.6 Å². The molecule has 0 saturated carbocycles. The fourth-order valence-corrected chi connectivity index (χ4v) is 1.60. The van der Waals surface area contributed by atoms with E-state index in [1.807, 2.05) is 0 Å². The minimum Gasteiger partial charge on any atom is -0.507 e. The van der Waals surface area contributed by atoms with Crippen LogP contribution in [0.5, 0.6) is 5.75 Å². The van der Waals surface area contributed by atoms with Gasteiger partial charge in [-0.1, -0.05) is 11.6 Å². The molecule has 5 nitrogen and oxygen atoms in total. The molecule has 0 aliphatic carbocycles. The molecule has 0 fully saturated rings. The molecule has 6 heteroatoms. The Bertz CT molecular complexity index is 463. The van der Waals surface area contributed by atoms with Crippen molar-refractivity contribution in [2.24, 2.45) is 0 Å². The maximum Gasteiger partial charge on any atom is 0.258 e. The van der Waals surface area contributed by atoms with Crippen LogP contribution in [0.2, 0.25) is 5.02 Å². The first kappa shape index (κ1) is 14.3. The quantitative estimate of drug-likeness (QED) is 0.865. The van der Waals surface area contributed by atoms with Crippen molar-refractivity contribution in [1.82, 2.24) is 10.2 Å². The molecule has 0 heterocycles. The average molecular weight is 271 g/mol. The number of hydrogen-bond acceptors (Lipinski definition) is 3. The fraction of sp³-hybridized carbons (Fsp3) is 0.333. The molecule has 2 amide bonds. The highest BCUT2D eigenvalue weighted by Gasteiger charge is 2.19. The molecule has 0 aromatic heterocycles. The largest absolute Gasteiger partial charge is 0.507 e. The summed E-state index contributed by atoms with van der Waals surface area (Å²) < 4.78 is 0. The maximum atomic E-state index is 12.1. The normalized spacial score (nSPS) is 9.94. The molecule has 0 aliphatic rings. The number of aromatic hydroxyl groups is 1. The van der Waals surface area contributed by atoms with Crippen molar-refractivity contribution in [3.05, 3.63) is 28.8 Å². The number of halogens is 1. The van der Waals surface area contributed by atoms with Crippen LogP contribution >= 0.6 is 11.6 Å². The third kappa shape index (κ3) is 3.37. The lowest BCUT2D eigenvalue weighted by molar-refractivity contribution is -0.121. The van der Waals surface area contributed by atoms with Crippen molar-refractivity contribution in [2.75, 3.05) is 20.1 Å². The summed E-state index contributed by atoms with van der Waals surface area (Å²) in [5, 5.41) is 12.4. The van der Waals surface area contributed by atoms with Crippen LogP contribution in [0, 0.1) is 0 Å². The highest BCUT2D eigenvalue weighted by Crippen LogP contribution is 2.22. The molecule has 1 rings (SSSR count). The van der Waals surface area contributed by atoms with Gasteiger partial charge in [-0.25, -0.2) is 0 Å². The van der Waals surface area contributed by atoms with Crippen molar-refractivity contribution in [2.45, 2.75) is 6.92 Å². The number of benzene rings is 1. The van der Waals surface area contributed by atoms with Crippen LogP contribution in [0.25, 0.3) is 0 Å². The van der Waals surface area contributed by atoms with Gasteiger partial charge in [0.05, 0.1) is 12.1 Å². The van der Waals surface area contributed by atoms with E-state index in [9.17, 15) is 14.7 Å². The van der Waals surface area contributed by atoms with E-state index in [-0.39, 0.29) is 23.8 Å². The van der Waals surface area contributed by atoms with E-state index in [1.165, 1.54) is 30.1 Å². The van der Waals surface area contributed by atoms with Gasteiger partial charge in [0, 0.05) is 18.6 Å². The van der Waals surface area contributed by atoms with Crippen LogP contribution in [0.15, 0.2) is 18.2 Å². The zero-order valence-corrected chi connectivity index (χ0v) is 11.0. The molecule has 1 aromatic carbocycles. The number of nitrogens with zero attached hydrogens (tertiary/aromatic N) is 1. The molecule has 0 aliphatic heterocycles. The second-order valence-corrected chi connectivity index (χ2v) is 4.09. The zero-order valence-electron chi connectivity index (χ0n) is 10.2. The van der Waals surface area contributed by atoms with E-state index in [1.54, 1.807) is 6.92 Å². The van der Waals surface area contributed by atoms with Crippen molar-refractivity contribution in [3.8, 4) is 5.75 Å². The lowest BCUT2D eigenvalue weighted by Crippen LogP contribution is -2.39. The minimum absolute atomic E-state index is 0.0578. The molecule has 0 bridgehead atoms. The summed E-state index contributed by atoms with van der Waals surface area (Å²) in [7, 11) is 1.50. The molecule has 0 atom stereocenters. The van der Waals surface area contributed by atoms with Gasteiger partial charge in [-0.3, -0.25) is 9.59 Å². The molecule has 18 heavy (non-hydrogen) atoms. The Morgan fingerprint density at radius 3 is 2.67 bits per heavy atom. The molecule has 0 unspecified atom stereocenters. The van der Waals surface area contributed by atoms with Gasteiger partial charge < -0.3 is 15.3 Å². The highest BCUT2D eigenvalue weighted by molar-refractivity contribution is 6.31. The summed E-state index contributed by atoms with van der Waals surface area (Å²) >= 11 is 5.78. The topological polar surface area (TPSA) is 69.6 Å². The summed E-state index contributed by atoms with van der Waals surface area (Å²) in [5.41, 5.74) is 0.0910. The van der Waals surface area contributed by atoms with Gasteiger partial charge in [-0.15, -0.1) is 0 Å². The predicted octanol–water partition coefficient (Wildman–Crippen LogP) is 1.25. The van der Waals surface area contributed by atoms with Crippen LogP contribution < -0.4 is 5.32 Å². The van der Waals surface area contributed by atoms with Gasteiger partial charge in [-0.2, -0.15) is 0 Å². The zero-order chi connectivity index (χ0) is 13.7. The van der Waals surface area contributed by atoms with E-state index >= 15 is 0 Å². The lowest BCUT2D eigenvalue weighted by atomic mass is 10.1. The van der Waals surface area contributed by atoms with Crippen LogP contribution in [-0.4, -0.2) is 42.0 Å². The number of rotatable bonds is 4. The predicted molar refractivity (Wildman–Crippen MR) is 68.8 cm³/mol. The van der Waals surface area contributed by atoms with Crippen LogP contribution in [-0.2, 0) is 4.79 Å². The molecular formula is C12H15ClN2O3. The van der Waals surface area contributed by atoms with Crippen molar-refractivity contribution in [1.29, 1.82) is 0 Å². The molecule has 1 aromatic rings. The second kappa shape index (κ2) is 6.26. The standard InChI is InChI=1S/C12H15ClN2O3/c1-3-15(7-11(17)14-2)12(18)9-6-8(13)4-5-10(9)16/h4-6,16H,3,7H2,1-2H3,(H,14,17).